The van der Waals surface area contributed by atoms with Crippen molar-refractivity contribution in [3.8, 4) is 0 Å². The quantitative estimate of drug-likeness (QED) is 0.843. The third-order valence-corrected chi connectivity index (χ3v) is 2.64. The smallest absolute Gasteiger partial charge is 0.0550 e. The number of pyridine rings is 1. The van der Waals surface area contributed by atoms with E-state index in [1.807, 2.05) is 19.3 Å². The van der Waals surface area contributed by atoms with E-state index in [-0.39, 0.29) is 0 Å². The van der Waals surface area contributed by atoms with Gasteiger partial charge in [-0.25, -0.2) is 0 Å². The van der Waals surface area contributed by atoms with E-state index in [0.29, 0.717) is 0 Å². The van der Waals surface area contributed by atoms with Crippen molar-refractivity contribution in [3.05, 3.63) is 53.9 Å². The SMILES string of the molecule is CNc1cncc(NCc2ccc(C)cc2)c1. The van der Waals surface area contributed by atoms with Gasteiger partial charge >= 0.3 is 0 Å². The standard InChI is InChI=1S/C14H17N3/c1-11-3-5-12(6-4-11)8-17-14-7-13(15-2)9-16-10-14/h3-7,9-10,15,17H,8H2,1-2H3. The monoisotopic (exact) mass is 227 g/mol. The Hall–Kier alpha value is -2.03. The molecule has 2 rings (SSSR count). The van der Waals surface area contributed by atoms with Crippen molar-refractivity contribution in [2.24, 2.45) is 0 Å². The molecule has 0 amide bonds. The van der Waals surface area contributed by atoms with Crippen molar-refractivity contribution in [1.82, 2.24) is 4.98 Å². The Morgan fingerprint density at radius 2 is 1.76 bits per heavy atom. The molecule has 1 aromatic heterocycles. The normalized spacial score (nSPS) is 10.0. The minimum absolute atomic E-state index is 0.815. The number of anilines is 2. The van der Waals surface area contributed by atoms with Gasteiger partial charge in [-0.3, -0.25) is 4.98 Å². The molecule has 0 aliphatic heterocycles. The highest BCUT2D eigenvalue weighted by Crippen LogP contribution is 2.13. The van der Waals surface area contributed by atoms with Crippen molar-refractivity contribution >= 4 is 11.4 Å². The summed E-state index contributed by atoms with van der Waals surface area (Å²) in [5.41, 5.74) is 4.59. The van der Waals surface area contributed by atoms with E-state index in [1.54, 1.807) is 6.20 Å². The highest BCUT2D eigenvalue weighted by molar-refractivity contribution is 5.53. The van der Waals surface area contributed by atoms with Crippen molar-refractivity contribution in [1.29, 1.82) is 0 Å². The van der Waals surface area contributed by atoms with Gasteiger partial charge in [-0.1, -0.05) is 29.8 Å². The number of aryl methyl sites for hydroxylation is 1. The summed E-state index contributed by atoms with van der Waals surface area (Å²) in [5, 5.41) is 6.42. The van der Waals surface area contributed by atoms with Crippen LogP contribution in [0.3, 0.4) is 0 Å². The van der Waals surface area contributed by atoms with E-state index >= 15 is 0 Å². The zero-order valence-corrected chi connectivity index (χ0v) is 10.2. The third kappa shape index (κ3) is 3.21. The fourth-order valence-corrected chi connectivity index (χ4v) is 1.58. The largest absolute Gasteiger partial charge is 0.387 e. The second kappa shape index (κ2) is 5.34. The predicted molar refractivity (Wildman–Crippen MR) is 72.3 cm³/mol. The molecule has 0 saturated heterocycles. The summed E-state index contributed by atoms with van der Waals surface area (Å²) in [7, 11) is 1.89. The zero-order valence-electron chi connectivity index (χ0n) is 10.2. The second-order valence-electron chi connectivity index (χ2n) is 4.05. The Bertz CT molecular complexity index is 477. The second-order valence-corrected chi connectivity index (χ2v) is 4.05. The Labute approximate surface area is 102 Å². The lowest BCUT2D eigenvalue weighted by Gasteiger charge is -2.08. The number of nitrogens with one attached hydrogen (secondary N) is 2. The van der Waals surface area contributed by atoms with Gasteiger partial charge in [-0.05, 0) is 18.6 Å². The van der Waals surface area contributed by atoms with Crippen LogP contribution in [0, 0.1) is 6.92 Å². The molecule has 17 heavy (non-hydrogen) atoms. The molecular formula is C14H17N3. The van der Waals surface area contributed by atoms with E-state index in [0.717, 1.165) is 17.9 Å². The lowest BCUT2D eigenvalue weighted by Crippen LogP contribution is -2.00. The van der Waals surface area contributed by atoms with E-state index in [4.69, 9.17) is 0 Å². The Kier molecular flexibility index (Phi) is 3.60. The average molecular weight is 227 g/mol. The van der Waals surface area contributed by atoms with Gasteiger partial charge < -0.3 is 10.6 Å². The van der Waals surface area contributed by atoms with Crippen LogP contribution < -0.4 is 10.6 Å². The Morgan fingerprint density at radius 1 is 1.06 bits per heavy atom. The number of hydrogen-bond donors (Lipinski definition) is 2. The van der Waals surface area contributed by atoms with Crippen LogP contribution in [0.25, 0.3) is 0 Å². The van der Waals surface area contributed by atoms with Crippen LogP contribution in [0.15, 0.2) is 42.7 Å². The van der Waals surface area contributed by atoms with Crippen molar-refractivity contribution in [2.75, 3.05) is 17.7 Å². The molecule has 0 radical (unpaired) electrons. The number of rotatable bonds is 4. The van der Waals surface area contributed by atoms with Crippen molar-refractivity contribution in [3.63, 3.8) is 0 Å². The topological polar surface area (TPSA) is 37.0 Å². The maximum Gasteiger partial charge on any atom is 0.0550 e. The van der Waals surface area contributed by atoms with E-state index in [1.165, 1.54) is 11.1 Å². The summed E-state index contributed by atoms with van der Waals surface area (Å²) >= 11 is 0. The molecule has 2 aromatic rings. The van der Waals surface area contributed by atoms with Crippen molar-refractivity contribution in [2.45, 2.75) is 13.5 Å². The molecule has 0 atom stereocenters. The van der Waals surface area contributed by atoms with Crippen LogP contribution >= 0.6 is 0 Å². The van der Waals surface area contributed by atoms with Gasteiger partial charge in [0.25, 0.3) is 0 Å². The van der Waals surface area contributed by atoms with Gasteiger partial charge in [0.2, 0.25) is 0 Å². The molecule has 0 aliphatic carbocycles. The molecule has 3 heteroatoms. The van der Waals surface area contributed by atoms with Crippen LogP contribution in [-0.2, 0) is 6.54 Å². The van der Waals surface area contributed by atoms with Gasteiger partial charge in [-0.2, -0.15) is 0 Å². The molecule has 3 nitrogen and oxygen atoms in total. The van der Waals surface area contributed by atoms with Gasteiger partial charge in [0, 0.05) is 13.6 Å². The van der Waals surface area contributed by atoms with Crippen LogP contribution in [-0.4, -0.2) is 12.0 Å². The molecule has 0 unspecified atom stereocenters. The molecule has 0 spiro atoms. The molecule has 0 saturated carbocycles. The number of hydrogen-bond acceptors (Lipinski definition) is 3. The molecular weight excluding hydrogens is 210 g/mol. The highest BCUT2D eigenvalue weighted by Gasteiger charge is 1.96. The summed E-state index contributed by atoms with van der Waals surface area (Å²) in [5.74, 6) is 0. The minimum atomic E-state index is 0.815. The van der Waals surface area contributed by atoms with Crippen LogP contribution in [0.1, 0.15) is 11.1 Å². The Balaban J connectivity index is 1.99. The number of benzene rings is 1. The zero-order chi connectivity index (χ0) is 12.1. The maximum atomic E-state index is 4.16. The van der Waals surface area contributed by atoms with E-state index < -0.39 is 0 Å². The van der Waals surface area contributed by atoms with Gasteiger partial charge in [0.1, 0.15) is 0 Å². The van der Waals surface area contributed by atoms with Gasteiger partial charge in [0.15, 0.2) is 0 Å². The lowest BCUT2D eigenvalue weighted by molar-refractivity contribution is 1.13. The minimum Gasteiger partial charge on any atom is -0.387 e. The Morgan fingerprint density at radius 3 is 2.47 bits per heavy atom. The third-order valence-electron chi connectivity index (χ3n) is 2.64. The summed E-state index contributed by atoms with van der Waals surface area (Å²) in [6.45, 7) is 2.91. The highest BCUT2D eigenvalue weighted by atomic mass is 14.9. The van der Waals surface area contributed by atoms with Crippen LogP contribution in [0.2, 0.25) is 0 Å². The number of nitrogens with zero attached hydrogens (tertiary/aromatic N) is 1. The first kappa shape index (κ1) is 11.5. The number of aromatic nitrogens is 1. The fourth-order valence-electron chi connectivity index (χ4n) is 1.58. The molecule has 1 heterocycles. The summed E-state index contributed by atoms with van der Waals surface area (Å²) in [6.07, 6.45) is 3.63. The van der Waals surface area contributed by atoms with Gasteiger partial charge in [0.05, 0.1) is 23.8 Å². The van der Waals surface area contributed by atoms with Crippen molar-refractivity contribution < 1.29 is 0 Å². The van der Waals surface area contributed by atoms with Crippen LogP contribution in [0.4, 0.5) is 11.4 Å². The molecule has 0 bridgehead atoms. The average Bonchev–Trinajstić information content (AvgIpc) is 2.38. The molecule has 0 fully saturated rings. The molecule has 0 aliphatic rings. The first-order chi connectivity index (χ1) is 8.28. The van der Waals surface area contributed by atoms with E-state index in [2.05, 4.69) is 46.8 Å². The van der Waals surface area contributed by atoms with E-state index in [9.17, 15) is 0 Å². The maximum absolute atomic E-state index is 4.16. The lowest BCUT2D eigenvalue weighted by atomic mass is 10.1. The van der Waals surface area contributed by atoms with Crippen LogP contribution in [0.5, 0.6) is 0 Å². The van der Waals surface area contributed by atoms with Gasteiger partial charge in [-0.15, -0.1) is 0 Å². The predicted octanol–water partition coefficient (Wildman–Crippen LogP) is 3.04. The summed E-state index contributed by atoms with van der Waals surface area (Å²) < 4.78 is 0. The molecule has 1 aromatic carbocycles. The first-order valence-corrected chi connectivity index (χ1v) is 5.70. The summed E-state index contributed by atoms with van der Waals surface area (Å²) in [6, 6.07) is 10.6. The fraction of sp³-hybridized carbons (Fsp3) is 0.214. The molecule has 2 N–H and O–H groups in total. The molecule has 88 valence electrons. The first-order valence-electron chi connectivity index (χ1n) is 5.70. The summed E-state index contributed by atoms with van der Waals surface area (Å²) in [4.78, 5) is 4.16.